The Morgan fingerprint density at radius 2 is 2.00 bits per heavy atom. The van der Waals surface area contributed by atoms with E-state index >= 15 is 0 Å². The van der Waals surface area contributed by atoms with Gasteiger partial charge in [-0.1, -0.05) is 18.5 Å². The van der Waals surface area contributed by atoms with Gasteiger partial charge in [0.1, 0.15) is 0 Å². The molecule has 0 saturated carbocycles. The monoisotopic (exact) mass is 386 g/mol. The van der Waals surface area contributed by atoms with E-state index in [0.717, 1.165) is 17.7 Å². The van der Waals surface area contributed by atoms with Gasteiger partial charge in [0.2, 0.25) is 0 Å². The lowest BCUT2D eigenvalue weighted by Crippen LogP contribution is -2.45. The normalized spacial score (nSPS) is 18.4. The van der Waals surface area contributed by atoms with Crippen molar-refractivity contribution in [2.24, 2.45) is 5.10 Å². The third kappa shape index (κ3) is 3.90. The number of nitrogens with zero attached hydrogens (tertiary/aromatic N) is 3. The van der Waals surface area contributed by atoms with Gasteiger partial charge in [-0.3, -0.25) is 15.5 Å². The topological polar surface area (TPSA) is 70.8 Å². The number of hydrogen-bond acceptors (Lipinski definition) is 5. The first-order valence-electron chi connectivity index (χ1n) is 8.80. The summed E-state index contributed by atoms with van der Waals surface area (Å²) < 4.78 is 0. The Hall–Kier alpha value is -2.60. The molecule has 3 rings (SSSR count). The van der Waals surface area contributed by atoms with E-state index < -0.39 is 4.92 Å². The van der Waals surface area contributed by atoms with Crippen LogP contribution in [0.5, 0.6) is 0 Å². The van der Waals surface area contributed by atoms with Gasteiger partial charge in [-0.25, -0.2) is 0 Å². The van der Waals surface area contributed by atoms with Gasteiger partial charge in [-0.05, 0) is 56.0 Å². The maximum absolute atomic E-state index is 10.7. The standard InChI is InChI=1S/C20H23ClN4O2/c1-13-11-20(2,3)24(4)19-10-18(21)14(9-17(13)19)12-22-23-15-5-7-16(8-6-15)25(26)27/h5-10,12-13,23H,11H2,1-4H3/b22-12-/t13-/m1/s1. The lowest BCUT2D eigenvalue weighted by molar-refractivity contribution is -0.384. The van der Waals surface area contributed by atoms with Gasteiger partial charge in [-0.2, -0.15) is 5.10 Å². The number of benzene rings is 2. The van der Waals surface area contributed by atoms with E-state index in [0.29, 0.717) is 16.6 Å². The van der Waals surface area contributed by atoms with Crippen molar-refractivity contribution in [3.8, 4) is 0 Å². The number of non-ortho nitro benzene ring substituents is 1. The number of hydrazone groups is 1. The minimum atomic E-state index is -0.431. The molecular weight excluding hydrogens is 364 g/mol. The highest BCUT2D eigenvalue weighted by Crippen LogP contribution is 2.44. The van der Waals surface area contributed by atoms with Gasteiger partial charge >= 0.3 is 0 Å². The van der Waals surface area contributed by atoms with Gasteiger partial charge < -0.3 is 4.90 Å². The molecule has 1 N–H and O–H groups in total. The van der Waals surface area contributed by atoms with E-state index in [1.54, 1.807) is 18.3 Å². The van der Waals surface area contributed by atoms with Gasteiger partial charge in [0.25, 0.3) is 5.69 Å². The summed E-state index contributed by atoms with van der Waals surface area (Å²) in [5, 5.41) is 15.6. The van der Waals surface area contributed by atoms with Crippen LogP contribution in [0.4, 0.5) is 17.1 Å². The van der Waals surface area contributed by atoms with Crippen LogP contribution in [0.25, 0.3) is 0 Å². The zero-order chi connectivity index (χ0) is 19.8. The van der Waals surface area contributed by atoms with E-state index in [9.17, 15) is 10.1 Å². The molecule has 0 aromatic heterocycles. The summed E-state index contributed by atoms with van der Waals surface area (Å²) in [6.07, 6.45) is 2.74. The minimum Gasteiger partial charge on any atom is -0.369 e. The molecule has 1 heterocycles. The zero-order valence-electron chi connectivity index (χ0n) is 15.9. The summed E-state index contributed by atoms with van der Waals surface area (Å²) in [6, 6.07) is 10.2. The number of anilines is 2. The molecule has 0 spiro atoms. The summed E-state index contributed by atoms with van der Waals surface area (Å²) in [7, 11) is 2.10. The summed E-state index contributed by atoms with van der Waals surface area (Å²) >= 11 is 6.48. The summed E-state index contributed by atoms with van der Waals surface area (Å²) in [5.41, 5.74) is 6.93. The third-order valence-corrected chi connectivity index (χ3v) is 5.55. The summed E-state index contributed by atoms with van der Waals surface area (Å²) in [5.74, 6) is 0.429. The first-order chi connectivity index (χ1) is 12.7. The fraction of sp³-hybridized carbons (Fsp3) is 0.350. The molecule has 0 unspecified atom stereocenters. The van der Waals surface area contributed by atoms with Gasteiger partial charge in [-0.15, -0.1) is 0 Å². The number of nitro groups is 1. The first-order valence-corrected chi connectivity index (χ1v) is 9.17. The van der Waals surface area contributed by atoms with Crippen molar-refractivity contribution in [1.29, 1.82) is 0 Å². The predicted molar refractivity (Wildman–Crippen MR) is 111 cm³/mol. The van der Waals surface area contributed by atoms with Crippen molar-refractivity contribution >= 4 is 34.9 Å². The first kappa shape index (κ1) is 19.2. The summed E-state index contributed by atoms with van der Waals surface area (Å²) in [6.45, 7) is 6.71. The number of nitro benzene ring substituents is 1. The van der Waals surface area contributed by atoms with Crippen LogP contribution in [0.1, 0.15) is 44.2 Å². The molecule has 6 nitrogen and oxygen atoms in total. The van der Waals surface area contributed by atoms with Gasteiger partial charge in [0, 0.05) is 36.0 Å². The lowest BCUT2D eigenvalue weighted by Gasteiger charge is -2.45. The van der Waals surface area contributed by atoms with E-state index in [4.69, 9.17) is 11.6 Å². The molecule has 2 aromatic rings. The fourth-order valence-electron chi connectivity index (χ4n) is 3.54. The Morgan fingerprint density at radius 1 is 1.33 bits per heavy atom. The fourth-order valence-corrected chi connectivity index (χ4v) is 3.74. The van der Waals surface area contributed by atoms with Crippen LogP contribution in [-0.2, 0) is 0 Å². The largest absolute Gasteiger partial charge is 0.369 e. The molecule has 0 bridgehead atoms. The number of halogens is 1. The number of rotatable bonds is 4. The second-order valence-corrected chi connectivity index (χ2v) is 7.99. The number of fused-ring (bicyclic) bond motifs is 1. The quantitative estimate of drug-likeness (QED) is 0.433. The molecule has 0 fully saturated rings. The van der Waals surface area contributed by atoms with Gasteiger partial charge in [0.05, 0.1) is 21.8 Å². The molecule has 1 aliphatic rings. The Morgan fingerprint density at radius 3 is 2.63 bits per heavy atom. The average Bonchev–Trinajstić information content (AvgIpc) is 2.61. The van der Waals surface area contributed by atoms with Crippen molar-refractivity contribution < 1.29 is 4.92 Å². The zero-order valence-corrected chi connectivity index (χ0v) is 16.6. The highest BCUT2D eigenvalue weighted by atomic mass is 35.5. The Bertz CT molecular complexity index is 894. The molecule has 7 heteroatoms. The van der Waals surface area contributed by atoms with E-state index in [2.05, 4.69) is 49.3 Å². The number of hydrogen-bond donors (Lipinski definition) is 1. The molecule has 1 aliphatic heterocycles. The average molecular weight is 387 g/mol. The molecule has 0 radical (unpaired) electrons. The summed E-state index contributed by atoms with van der Waals surface area (Å²) in [4.78, 5) is 12.5. The third-order valence-electron chi connectivity index (χ3n) is 5.23. The molecule has 142 valence electrons. The van der Waals surface area contributed by atoms with Crippen molar-refractivity contribution in [3.63, 3.8) is 0 Å². The lowest BCUT2D eigenvalue weighted by atomic mass is 9.80. The molecule has 1 atom stereocenters. The van der Waals surface area contributed by atoms with Crippen LogP contribution in [0.3, 0.4) is 0 Å². The van der Waals surface area contributed by atoms with Crippen LogP contribution >= 0.6 is 11.6 Å². The van der Waals surface area contributed by atoms with Crippen molar-refractivity contribution in [1.82, 2.24) is 0 Å². The predicted octanol–water partition coefficient (Wildman–Crippen LogP) is 5.42. The van der Waals surface area contributed by atoms with Crippen molar-refractivity contribution in [2.75, 3.05) is 17.4 Å². The second kappa shape index (κ2) is 7.19. The number of nitrogens with one attached hydrogen (secondary N) is 1. The van der Waals surface area contributed by atoms with E-state index in [1.807, 2.05) is 6.07 Å². The maximum atomic E-state index is 10.7. The maximum Gasteiger partial charge on any atom is 0.269 e. The smallest absolute Gasteiger partial charge is 0.269 e. The molecular formula is C20H23ClN4O2. The van der Waals surface area contributed by atoms with Crippen LogP contribution < -0.4 is 10.3 Å². The van der Waals surface area contributed by atoms with E-state index in [1.165, 1.54) is 17.7 Å². The highest BCUT2D eigenvalue weighted by Gasteiger charge is 2.34. The molecule has 0 aliphatic carbocycles. The van der Waals surface area contributed by atoms with E-state index in [-0.39, 0.29) is 11.2 Å². The van der Waals surface area contributed by atoms with Crippen LogP contribution in [0.2, 0.25) is 5.02 Å². The van der Waals surface area contributed by atoms with Crippen molar-refractivity contribution in [2.45, 2.75) is 38.6 Å². The highest BCUT2D eigenvalue weighted by molar-refractivity contribution is 6.33. The Kier molecular flexibility index (Phi) is 5.11. The van der Waals surface area contributed by atoms with Gasteiger partial charge in [0.15, 0.2) is 0 Å². The van der Waals surface area contributed by atoms with Crippen molar-refractivity contribution in [3.05, 3.63) is 62.7 Å². The molecule has 2 aromatic carbocycles. The molecule has 0 saturated heterocycles. The second-order valence-electron chi connectivity index (χ2n) is 7.58. The van der Waals surface area contributed by atoms with Crippen LogP contribution in [-0.4, -0.2) is 23.7 Å². The Labute approximate surface area is 164 Å². The van der Waals surface area contributed by atoms with Crippen LogP contribution in [0.15, 0.2) is 41.5 Å². The molecule has 0 amide bonds. The van der Waals surface area contributed by atoms with Crippen LogP contribution in [0, 0.1) is 10.1 Å². The Balaban J connectivity index is 1.81. The SMILES string of the molecule is C[C@@H]1CC(C)(C)N(C)c2cc(Cl)c(/C=N\Nc3ccc([N+](=O)[O-])cc3)cc21. The minimum absolute atomic E-state index is 0.0447. The molecule has 27 heavy (non-hydrogen) atoms.